The lowest BCUT2D eigenvalue weighted by Crippen LogP contribution is -2.24. The molecule has 0 aromatic carbocycles. The van der Waals surface area contributed by atoms with Crippen molar-refractivity contribution in [1.29, 1.82) is 0 Å². The zero-order valence-electron chi connectivity index (χ0n) is 11.1. The van der Waals surface area contributed by atoms with Gasteiger partial charge >= 0.3 is 0 Å². The van der Waals surface area contributed by atoms with E-state index in [2.05, 4.69) is 61.3 Å². The summed E-state index contributed by atoms with van der Waals surface area (Å²) >= 11 is 5.27. The van der Waals surface area contributed by atoms with Gasteiger partial charge in [-0.3, -0.25) is 0 Å². The van der Waals surface area contributed by atoms with Crippen molar-refractivity contribution in [1.82, 2.24) is 20.1 Å². The monoisotopic (exact) mass is 340 g/mol. The van der Waals surface area contributed by atoms with E-state index in [1.54, 1.807) is 11.3 Å². The summed E-state index contributed by atoms with van der Waals surface area (Å²) in [5.74, 6) is 2.20. The van der Waals surface area contributed by atoms with E-state index in [0.717, 1.165) is 29.1 Å². The fourth-order valence-corrected chi connectivity index (χ4v) is 4.04. The average molecular weight is 341 g/mol. The van der Waals surface area contributed by atoms with Gasteiger partial charge in [-0.25, -0.2) is 0 Å². The molecule has 2 unspecified atom stereocenters. The van der Waals surface area contributed by atoms with E-state index < -0.39 is 0 Å². The predicted molar refractivity (Wildman–Crippen MR) is 80.3 cm³/mol. The number of nitrogens with zero attached hydrogens (tertiary/aromatic N) is 3. The summed E-state index contributed by atoms with van der Waals surface area (Å²) in [5.41, 5.74) is 0. The van der Waals surface area contributed by atoms with E-state index in [0.29, 0.717) is 6.04 Å². The Morgan fingerprint density at radius 1 is 1.37 bits per heavy atom. The highest BCUT2D eigenvalue weighted by Crippen LogP contribution is 2.27. The van der Waals surface area contributed by atoms with Crippen molar-refractivity contribution in [3.8, 4) is 0 Å². The van der Waals surface area contributed by atoms with Crippen LogP contribution in [-0.4, -0.2) is 14.8 Å². The van der Waals surface area contributed by atoms with E-state index in [-0.39, 0.29) is 6.04 Å². The van der Waals surface area contributed by atoms with Crippen LogP contribution in [0.15, 0.2) is 15.9 Å². The zero-order valence-corrected chi connectivity index (χ0v) is 13.5. The molecule has 3 rings (SSSR count). The quantitative estimate of drug-likeness (QED) is 0.926. The van der Waals surface area contributed by atoms with Crippen LogP contribution in [0.5, 0.6) is 0 Å². The minimum atomic E-state index is 0.218. The van der Waals surface area contributed by atoms with Crippen LogP contribution in [0.4, 0.5) is 0 Å². The van der Waals surface area contributed by atoms with Gasteiger partial charge in [-0.1, -0.05) is 0 Å². The van der Waals surface area contributed by atoms with Crippen molar-refractivity contribution in [3.05, 3.63) is 32.4 Å². The number of rotatable bonds is 4. The molecule has 6 heteroatoms. The number of hydrogen-bond donors (Lipinski definition) is 1. The Balaban J connectivity index is 1.72. The van der Waals surface area contributed by atoms with Gasteiger partial charge in [0, 0.05) is 33.7 Å². The summed E-state index contributed by atoms with van der Waals surface area (Å²) in [5, 5.41) is 14.3. The van der Waals surface area contributed by atoms with Crippen LogP contribution in [0.25, 0.3) is 0 Å². The first-order chi connectivity index (χ1) is 9.15. The number of nitrogens with one attached hydrogen (secondary N) is 1. The Morgan fingerprint density at radius 3 is 2.95 bits per heavy atom. The maximum atomic E-state index is 4.33. The Labute approximate surface area is 125 Å². The molecule has 0 amide bonds. The number of hydrogen-bond acceptors (Lipinski definition) is 4. The lowest BCUT2D eigenvalue weighted by Gasteiger charge is -2.18. The molecule has 0 saturated heterocycles. The van der Waals surface area contributed by atoms with E-state index in [1.165, 1.54) is 11.3 Å². The minimum Gasteiger partial charge on any atom is -0.314 e. The molecule has 0 bridgehead atoms. The van der Waals surface area contributed by atoms with Crippen LogP contribution in [0, 0.1) is 0 Å². The van der Waals surface area contributed by atoms with E-state index >= 15 is 0 Å². The molecular weight excluding hydrogens is 324 g/mol. The molecular formula is C13H17BrN4S. The number of aryl methyl sites for hydroxylation is 1. The third-order valence-electron chi connectivity index (χ3n) is 3.54. The molecule has 102 valence electrons. The Kier molecular flexibility index (Phi) is 3.73. The van der Waals surface area contributed by atoms with Crippen molar-refractivity contribution in [2.45, 2.75) is 45.3 Å². The summed E-state index contributed by atoms with van der Waals surface area (Å²) < 4.78 is 3.41. The lowest BCUT2D eigenvalue weighted by molar-refractivity contribution is 0.463. The predicted octanol–water partition coefficient (Wildman–Crippen LogP) is 3.46. The molecule has 0 spiro atoms. The second kappa shape index (κ2) is 5.34. The van der Waals surface area contributed by atoms with E-state index in [4.69, 9.17) is 0 Å². The van der Waals surface area contributed by atoms with E-state index in [1.807, 2.05) is 0 Å². The SMILES string of the molecule is CC(NC(C)c1nnc2n1CCC2)c1cc(Br)cs1. The van der Waals surface area contributed by atoms with Gasteiger partial charge in [0.2, 0.25) is 0 Å². The van der Waals surface area contributed by atoms with Crippen molar-refractivity contribution in [3.63, 3.8) is 0 Å². The van der Waals surface area contributed by atoms with Gasteiger partial charge in [0.15, 0.2) is 0 Å². The van der Waals surface area contributed by atoms with Crippen molar-refractivity contribution in [2.75, 3.05) is 0 Å². The molecule has 1 aliphatic heterocycles. The maximum Gasteiger partial charge on any atom is 0.149 e. The molecule has 2 aromatic heterocycles. The van der Waals surface area contributed by atoms with Gasteiger partial charge in [0.05, 0.1) is 6.04 Å². The highest BCUT2D eigenvalue weighted by Gasteiger charge is 2.22. The van der Waals surface area contributed by atoms with Crippen LogP contribution >= 0.6 is 27.3 Å². The van der Waals surface area contributed by atoms with Crippen LogP contribution < -0.4 is 5.32 Å². The molecule has 4 nitrogen and oxygen atoms in total. The summed E-state index contributed by atoms with van der Waals surface area (Å²) in [4.78, 5) is 1.33. The fourth-order valence-electron chi connectivity index (χ4n) is 2.58. The van der Waals surface area contributed by atoms with Gasteiger partial charge in [0.25, 0.3) is 0 Å². The fraction of sp³-hybridized carbons (Fsp3) is 0.538. The second-order valence-corrected chi connectivity index (χ2v) is 6.87. The first-order valence-electron chi connectivity index (χ1n) is 6.57. The number of halogens is 1. The molecule has 0 aliphatic carbocycles. The largest absolute Gasteiger partial charge is 0.314 e. The minimum absolute atomic E-state index is 0.218. The van der Waals surface area contributed by atoms with Gasteiger partial charge in [-0.05, 0) is 42.3 Å². The van der Waals surface area contributed by atoms with Gasteiger partial charge < -0.3 is 9.88 Å². The average Bonchev–Trinajstić information content (AvgIpc) is 3.02. The van der Waals surface area contributed by atoms with Crippen LogP contribution in [0.2, 0.25) is 0 Å². The number of fused-ring (bicyclic) bond motifs is 1. The maximum absolute atomic E-state index is 4.33. The molecule has 2 aromatic rings. The summed E-state index contributed by atoms with van der Waals surface area (Å²) in [6, 6.07) is 2.71. The zero-order chi connectivity index (χ0) is 13.4. The first-order valence-corrected chi connectivity index (χ1v) is 8.24. The van der Waals surface area contributed by atoms with Gasteiger partial charge in [0.1, 0.15) is 11.6 Å². The Bertz CT molecular complexity index is 577. The number of thiophene rings is 1. The Morgan fingerprint density at radius 2 is 2.21 bits per heavy atom. The normalized spacial score (nSPS) is 17.4. The third-order valence-corrected chi connectivity index (χ3v) is 5.42. The molecule has 0 radical (unpaired) electrons. The summed E-state index contributed by atoms with van der Waals surface area (Å²) in [6.45, 7) is 5.41. The van der Waals surface area contributed by atoms with Crippen LogP contribution in [0.1, 0.15) is 48.9 Å². The summed E-state index contributed by atoms with van der Waals surface area (Å²) in [6.07, 6.45) is 2.26. The highest BCUT2D eigenvalue weighted by molar-refractivity contribution is 9.10. The standard InChI is InChI=1S/C13H17BrN4S/c1-8(11-6-10(14)7-19-11)15-9(2)13-17-16-12-4-3-5-18(12)13/h6-9,15H,3-5H2,1-2H3. The van der Waals surface area contributed by atoms with Gasteiger partial charge in [-0.2, -0.15) is 0 Å². The lowest BCUT2D eigenvalue weighted by atomic mass is 10.2. The number of aromatic nitrogens is 3. The van der Waals surface area contributed by atoms with Crippen LogP contribution in [-0.2, 0) is 13.0 Å². The summed E-state index contributed by atoms with van der Waals surface area (Å²) in [7, 11) is 0. The molecule has 0 fully saturated rings. The molecule has 2 atom stereocenters. The molecule has 1 N–H and O–H groups in total. The highest BCUT2D eigenvalue weighted by atomic mass is 79.9. The second-order valence-electron chi connectivity index (χ2n) is 5.01. The third kappa shape index (κ3) is 2.61. The smallest absolute Gasteiger partial charge is 0.149 e. The van der Waals surface area contributed by atoms with E-state index in [9.17, 15) is 0 Å². The Hall–Kier alpha value is -0.720. The first kappa shape index (κ1) is 13.3. The van der Waals surface area contributed by atoms with Crippen molar-refractivity contribution in [2.24, 2.45) is 0 Å². The molecule has 1 aliphatic rings. The molecule has 3 heterocycles. The molecule has 19 heavy (non-hydrogen) atoms. The van der Waals surface area contributed by atoms with Crippen LogP contribution in [0.3, 0.4) is 0 Å². The molecule has 0 saturated carbocycles. The topological polar surface area (TPSA) is 42.7 Å². The van der Waals surface area contributed by atoms with Crippen molar-refractivity contribution < 1.29 is 0 Å². The van der Waals surface area contributed by atoms with Crippen molar-refractivity contribution >= 4 is 27.3 Å². The van der Waals surface area contributed by atoms with Gasteiger partial charge in [-0.15, -0.1) is 21.5 Å².